The molecule has 1 aromatic rings. The Morgan fingerprint density at radius 3 is 2.83 bits per heavy atom. The van der Waals surface area contributed by atoms with Gasteiger partial charge in [-0.3, -0.25) is 4.90 Å². The first-order valence-corrected chi connectivity index (χ1v) is 7.97. The van der Waals surface area contributed by atoms with Gasteiger partial charge in [-0.15, -0.1) is 11.3 Å². The molecule has 102 valence electrons. The van der Waals surface area contributed by atoms with E-state index in [9.17, 15) is 0 Å². The molecule has 2 rings (SSSR count). The van der Waals surface area contributed by atoms with E-state index in [1.165, 1.54) is 36.1 Å². The molecule has 0 aromatic carbocycles. The fourth-order valence-electron chi connectivity index (χ4n) is 3.21. The number of hydrogen-bond acceptors (Lipinski definition) is 3. The molecule has 2 nitrogen and oxygen atoms in total. The summed E-state index contributed by atoms with van der Waals surface area (Å²) in [6.07, 6.45) is 5.44. The SMILES string of the molecule is Cc1ccsc1C(CN)N(C)C1CCCC(C)C1. The van der Waals surface area contributed by atoms with Crippen molar-refractivity contribution in [1.29, 1.82) is 0 Å². The summed E-state index contributed by atoms with van der Waals surface area (Å²) in [5.41, 5.74) is 7.43. The average molecular weight is 266 g/mol. The number of nitrogens with two attached hydrogens (primary N) is 1. The van der Waals surface area contributed by atoms with E-state index in [4.69, 9.17) is 5.73 Å². The summed E-state index contributed by atoms with van der Waals surface area (Å²) in [6.45, 7) is 5.31. The van der Waals surface area contributed by atoms with E-state index in [1.54, 1.807) is 0 Å². The van der Waals surface area contributed by atoms with Crippen molar-refractivity contribution >= 4 is 11.3 Å². The maximum atomic E-state index is 6.04. The van der Waals surface area contributed by atoms with Gasteiger partial charge in [-0.25, -0.2) is 0 Å². The van der Waals surface area contributed by atoms with Gasteiger partial charge in [-0.1, -0.05) is 19.8 Å². The number of aryl methyl sites for hydroxylation is 1. The van der Waals surface area contributed by atoms with Gasteiger partial charge in [0.2, 0.25) is 0 Å². The molecule has 1 heterocycles. The van der Waals surface area contributed by atoms with E-state index >= 15 is 0 Å². The van der Waals surface area contributed by atoms with Crippen LogP contribution in [0.1, 0.15) is 49.1 Å². The van der Waals surface area contributed by atoms with Crippen molar-refractivity contribution in [3.8, 4) is 0 Å². The molecule has 0 bridgehead atoms. The van der Waals surface area contributed by atoms with Crippen LogP contribution >= 0.6 is 11.3 Å². The number of nitrogens with zero attached hydrogens (tertiary/aromatic N) is 1. The maximum absolute atomic E-state index is 6.04. The second-order valence-electron chi connectivity index (χ2n) is 5.81. The monoisotopic (exact) mass is 266 g/mol. The molecule has 0 radical (unpaired) electrons. The average Bonchev–Trinajstić information content (AvgIpc) is 2.77. The standard InChI is InChI=1S/C15H26N2S/c1-11-5-4-6-13(9-11)17(3)14(10-16)15-12(2)7-8-18-15/h7-8,11,13-14H,4-6,9-10,16H2,1-3H3. The molecule has 1 fully saturated rings. The second kappa shape index (κ2) is 6.18. The van der Waals surface area contributed by atoms with Crippen LogP contribution in [-0.2, 0) is 0 Å². The highest BCUT2D eigenvalue weighted by molar-refractivity contribution is 7.10. The van der Waals surface area contributed by atoms with Crippen LogP contribution in [0.5, 0.6) is 0 Å². The zero-order valence-electron chi connectivity index (χ0n) is 11.9. The molecule has 1 saturated carbocycles. The van der Waals surface area contributed by atoms with Crippen molar-refractivity contribution in [2.24, 2.45) is 11.7 Å². The molecule has 1 aliphatic carbocycles. The third-order valence-corrected chi connectivity index (χ3v) is 5.52. The third-order valence-electron chi connectivity index (χ3n) is 4.40. The summed E-state index contributed by atoms with van der Waals surface area (Å²) in [6, 6.07) is 3.32. The van der Waals surface area contributed by atoms with Gasteiger partial charge in [-0.05, 0) is 49.7 Å². The lowest BCUT2D eigenvalue weighted by Gasteiger charge is -2.38. The molecular weight excluding hydrogens is 240 g/mol. The Morgan fingerprint density at radius 2 is 2.28 bits per heavy atom. The van der Waals surface area contributed by atoms with Crippen LogP contribution in [0.25, 0.3) is 0 Å². The third kappa shape index (κ3) is 2.95. The molecule has 0 aliphatic heterocycles. The van der Waals surface area contributed by atoms with Crippen molar-refractivity contribution in [1.82, 2.24) is 4.90 Å². The highest BCUT2D eigenvalue weighted by atomic mass is 32.1. The van der Waals surface area contributed by atoms with E-state index < -0.39 is 0 Å². The molecule has 2 N–H and O–H groups in total. The lowest BCUT2D eigenvalue weighted by molar-refractivity contribution is 0.122. The summed E-state index contributed by atoms with van der Waals surface area (Å²) in [7, 11) is 2.26. The van der Waals surface area contributed by atoms with Crippen molar-refractivity contribution in [2.45, 2.75) is 51.6 Å². The van der Waals surface area contributed by atoms with E-state index in [0.29, 0.717) is 12.1 Å². The van der Waals surface area contributed by atoms with E-state index in [2.05, 4.69) is 37.2 Å². The van der Waals surface area contributed by atoms with Gasteiger partial charge in [0.1, 0.15) is 0 Å². The number of rotatable bonds is 4. The van der Waals surface area contributed by atoms with Gasteiger partial charge in [0.25, 0.3) is 0 Å². The summed E-state index contributed by atoms with van der Waals surface area (Å²) >= 11 is 1.85. The topological polar surface area (TPSA) is 29.3 Å². The van der Waals surface area contributed by atoms with Crippen molar-refractivity contribution in [2.75, 3.05) is 13.6 Å². The summed E-state index contributed by atoms with van der Waals surface area (Å²) in [5, 5.41) is 2.19. The predicted molar refractivity (Wildman–Crippen MR) is 80.0 cm³/mol. The van der Waals surface area contributed by atoms with Gasteiger partial charge >= 0.3 is 0 Å². The van der Waals surface area contributed by atoms with Crippen molar-refractivity contribution in [3.63, 3.8) is 0 Å². The van der Waals surface area contributed by atoms with Crippen LogP contribution in [0, 0.1) is 12.8 Å². The smallest absolute Gasteiger partial charge is 0.0566 e. The van der Waals surface area contributed by atoms with E-state index in [0.717, 1.165) is 12.5 Å². The Bertz CT molecular complexity index is 374. The maximum Gasteiger partial charge on any atom is 0.0566 e. The van der Waals surface area contributed by atoms with Crippen LogP contribution < -0.4 is 5.73 Å². The summed E-state index contributed by atoms with van der Waals surface area (Å²) in [5.74, 6) is 0.869. The molecular formula is C15H26N2S. The first-order chi connectivity index (χ1) is 8.63. The van der Waals surface area contributed by atoms with Crippen molar-refractivity contribution < 1.29 is 0 Å². The number of thiophene rings is 1. The fourth-order valence-corrected chi connectivity index (χ4v) is 4.30. The Kier molecular flexibility index (Phi) is 4.82. The van der Waals surface area contributed by atoms with Crippen LogP contribution in [0.4, 0.5) is 0 Å². The molecule has 3 heteroatoms. The minimum Gasteiger partial charge on any atom is -0.329 e. The highest BCUT2D eigenvalue weighted by Crippen LogP contribution is 2.34. The molecule has 0 saturated heterocycles. The zero-order valence-corrected chi connectivity index (χ0v) is 12.7. The summed E-state index contributed by atoms with van der Waals surface area (Å²) < 4.78 is 0. The molecule has 0 spiro atoms. The van der Waals surface area contributed by atoms with Crippen LogP contribution in [-0.4, -0.2) is 24.5 Å². The van der Waals surface area contributed by atoms with Gasteiger partial charge in [0.15, 0.2) is 0 Å². The molecule has 1 aromatic heterocycles. The van der Waals surface area contributed by atoms with Crippen LogP contribution in [0.15, 0.2) is 11.4 Å². The van der Waals surface area contributed by atoms with E-state index in [1.807, 2.05) is 11.3 Å². The predicted octanol–water partition coefficient (Wildman–Crippen LogP) is 3.57. The molecule has 3 atom stereocenters. The Morgan fingerprint density at radius 1 is 1.50 bits per heavy atom. The largest absolute Gasteiger partial charge is 0.329 e. The Balaban J connectivity index is 2.10. The van der Waals surface area contributed by atoms with Gasteiger partial charge in [-0.2, -0.15) is 0 Å². The lowest BCUT2D eigenvalue weighted by atomic mass is 9.85. The van der Waals surface area contributed by atoms with Gasteiger partial charge in [0.05, 0.1) is 6.04 Å². The normalized spacial score (nSPS) is 26.5. The minimum atomic E-state index is 0.403. The zero-order chi connectivity index (χ0) is 13.1. The first-order valence-electron chi connectivity index (χ1n) is 7.09. The summed E-state index contributed by atoms with van der Waals surface area (Å²) in [4.78, 5) is 3.99. The quantitative estimate of drug-likeness (QED) is 0.903. The lowest BCUT2D eigenvalue weighted by Crippen LogP contribution is -2.40. The van der Waals surface area contributed by atoms with Crippen LogP contribution in [0.2, 0.25) is 0 Å². The molecule has 3 unspecified atom stereocenters. The fraction of sp³-hybridized carbons (Fsp3) is 0.733. The molecule has 18 heavy (non-hydrogen) atoms. The molecule has 1 aliphatic rings. The van der Waals surface area contributed by atoms with Crippen molar-refractivity contribution in [3.05, 3.63) is 21.9 Å². The molecule has 0 amide bonds. The minimum absolute atomic E-state index is 0.403. The van der Waals surface area contributed by atoms with Gasteiger partial charge in [0, 0.05) is 17.5 Å². The van der Waals surface area contributed by atoms with Crippen LogP contribution in [0.3, 0.4) is 0 Å². The van der Waals surface area contributed by atoms with E-state index in [-0.39, 0.29) is 0 Å². The number of hydrogen-bond donors (Lipinski definition) is 1. The highest BCUT2D eigenvalue weighted by Gasteiger charge is 2.28. The van der Waals surface area contributed by atoms with Gasteiger partial charge < -0.3 is 5.73 Å². The Labute approximate surface area is 115 Å². The first kappa shape index (κ1) is 14.0. The second-order valence-corrected chi connectivity index (χ2v) is 6.76. The Hall–Kier alpha value is -0.380. The number of likely N-dealkylation sites (N-methyl/N-ethyl adjacent to an activating group) is 1.